The lowest BCUT2D eigenvalue weighted by molar-refractivity contribution is 0.686. The molecule has 0 fully saturated rings. The highest BCUT2D eigenvalue weighted by Crippen LogP contribution is 2.29. The highest BCUT2D eigenvalue weighted by atomic mass is 35.5. The van der Waals surface area contributed by atoms with E-state index >= 15 is 0 Å². The molecule has 170 valence electrons. The van der Waals surface area contributed by atoms with Crippen LogP contribution >= 0.6 is 11.6 Å². The minimum Gasteiger partial charge on any atom is -0.387 e. The lowest BCUT2D eigenvalue weighted by atomic mass is 9.98. The molecule has 0 aliphatic carbocycles. The molecular weight excluding hydrogens is 452 g/mol. The molecule has 0 unspecified atom stereocenters. The molecule has 2 aromatic carbocycles. The molecule has 0 saturated carbocycles. The molecule has 0 aliphatic rings. The number of nitriles is 1. The quantitative estimate of drug-likeness (QED) is 0.304. The largest absolute Gasteiger partial charge is 0.387 e. The van der Waals surface area contributed by atoms with Gasteiger partial charge in [0, 0.05) is 37.0 Å². The number of hydrogen-bond donors (Lipinski definition) is 4. The van der Waals surface area contributed by atoms with Gasteiger partial charge >= 0.3 is 0 Å². The van der Waals surface area contributed by atoms with Crippen molar-refractivity contribution in [2.45, 2.75) is 13.1 Å². The summed E-state index contributed by atoms with van der Waals surface area (Å²) in [5.41, 5.74) is 9.85. The van der Waals surface area contributed by atoms with Gasteiger partial charge in [-0.15, -0.1) is 0 Å². The number of hydrogen-bond acceptors (Lipinski definition) is 7. The van der Waals surface area contributed by atoms with Crippen LogP contribution in [0.5, 0.6) is 0 Å². The normalized spacial score (nSPS) is 11.7. The Morgan fingerprint density at radius 1 is 1.32 bits per heavy atom. The van der Waals surface area contributed by atoms with Crippen LogP contribution in [0.2, 0.25) is 5.15 Å². The highest BCUT2D eigenvalue weighted by Gasteiger charge is 2.17. The van der Waals surface area contributed by atoms with Gasteiger partial charge in [0.25, 0.3) is 5.56 Å². The Bertz CT molecular complexity index is 1530. The Balaban J connectivity index is 1.82. The minimum absolute atomic E-state index is 0.155. The number of nitrogens with one attached hydrogen (secondary N) is 3. The summed E-state index contributed by atoms with van der Waals surface area (Å²) >= 11 is 6.49. The molecule has 0 atom stereocenters. The van der Waals surface area contributed by atoms with E-state index in [1.807, 2.05) is 18.2 Å². The van der Waals surface area contributed by atoms with Crippen molar-refractivity contribution in [3.05, 3.63) is 92.1 Å². The van der Waals surface area contributed by atoms with E-state index in [-0.39, 0.29) is 17.3 Å². The van der Waals surface area contributed by atoms with Crippen LogP contribution in [0.3, 0.4) is 0 Å². The molecular formula is C24H21ClN8O. The van der Waals surface area contributed by atoms with Crippen molar-refractivity contribution < 1.29 is 0 Å². The monoisotopic (exact) mass is 472 g/mol. The Morgan fingerprint density at radius 2 is 2.12 bits per heavy atom. The summed E-state index contributed by atoms with van der Waals surface area (Å²) in [6.07, 6.45) is 2.98. The summed E-state index contributed by atoms with van der Waals surface area (Å²) < 4.78 is 1.66. The first-order valence-electron chi connectivity index (χ1n) is 10.4. The average Bonchev–Trinajstić information content (AvgIpc) is 3.22. The van der Waals surface area contributed by atoms with E-state index in [4.69, 9.17) is 22.7 Å². The summed E-state index contributed by atoms with van der Waals surface area (Å²) in [5.74, 6) is 0. The SMILES string of the molecule is CN/C(=C(\C=N)c1ccc2c(=O)[nH]nc(CN)c2c1)c1cn(Cc2ccccc2C#N)nc1Cl. The van der Waals surface area contributed by atoms with Gasteiger partial charge in [0.1, 0.15) is 0 Å². The van der Waals surface area contributed by atoms with Gasteiger partial charge in [-0.3, -0.25) is 9.48 Å². The van der Waals surface area contributed by atoms with E-state index in [1.165, 1.54) is 6.21 Å². The zero-order valence-electron chi connectivity index (χ0n) is 18.3. The fourth-order valence-electron chi connectivity index (χ4n) is 3.85. The third kappa shape index (κ3) is 4.20. The molecule has 5 N–H and O–H groups in total. The van der Waals surface area contributed by atoms with E-state index in [2.05, 4.69) is 26.7 Å². The van der Waals surface area contributed by atoms with Crippen LogP contribution in [0.25, 0.3) is 22.0 Å². The van der Waals surface area contributed by atoms with Crippen LogP contribution < -0.4 is 16.6 Å². The molecule has 9 nitrogen and oxygen atoms in total. The minimum atomic E-state index is -0.310. The van der Waals surface area contributed by atoms with Crippen molar-refractivity contribution >= 4 is 39.9 Å². The second-order valence-electron chi connectivity index (χ2n) is 7.45. The summed E-state index contributed by atoms with van der Waals surface area (Å²) in [5, 5.41) is 32.8. The van der Waals surface area contributed by atoms with Crippen LogP contribution in [-0.4, -0.2) is 33.2 Å². The number of rotatable bonds is 7. The van der Waals surface area contributed by atoms with Crippen molar-refractivity contribution in [1.82, 2.24) is 25.3 Å². The number of allylic oxidation sites excluding steroid dienone is 1. The smallest absolute Gasteiger partial charge is 0.272 e. The maximum Gasteiger partial charge on any atom is 0.272 e. The van der Waals surface area contributed by atoms with Crippen molar-refractivity contribution in [3.63, 3.8) is 0 Å². The lowest BCUT2D eigenvalue weighted by Gasteiger charge is -2.13. The van der Waals surface area contributed by atoms with Crippen molar-refractivity contribution in [1.29, 1.82) is 10.7 Å². The van der Waals surface area contributed by atoms with Crippen LogP contribution in [0.15, 0.2) is 53.5 Å². The number of nitrogens with zero attached hydrogens (tertiary/aromatic N) is 4. The molecule has 0 spiro atoms. The molecule has 2 aromatic heterocycles. The maximum absolute atomic E-state index is 12.2. The first-order valence-corrected chi connectivity index (χ1v) is 10.7. The third-order valence-corrected chi connectivity index (χ3v) is 5.77. The summed E-state index contributed by atoms with van der Waals surface area (Å²) in [7, 11) is 1.73. The van der Waals surface area contributed by atoms with Crippen molar-refractivity contribution in [2.75, 3.05) is 7.05 Å². The Hall–Kier alpha value is -4.26. The highest BCUT2D eigenvalue weighted by molar-refractivity contribution is 6.32. The molecule has 0 radical (unpaired) electrons. The molecule has 0 bridgehead atoms. The summed E-state index contributed by atoms with van der Waals surface area (Å²) in [6, 6.07) is 14.7. The second-order valence-corrected chi connectivity index (χ2v) is 7.81. The molecule has 2 heterocycles. The van der Waals surface area contributed by atoms with Crippen LogP contribution in [0.4, 0.5) is 0 Å². The number of fused-ring (bicyclic) bond motifs is 1. The van der Waals surface area contributed by atoms with Gasteiger partial charge in [-0.1, -0.05) is 35.9 Å². The molecule has 0 amide bonds. The Labute approximate surface area is 200 Å². The van der Waals surface area contributed by atoms with Gasteiger partial charge < -0.3 is 16.5 Å². The number of aromatic nitrogens is 4. The van der Waals surface area contributed by atoms with E-state index in [0.717, 1.165) is 5.56 Å². The van der Waals surface area contributed by atoms with Gasteiger partial charge in [-0.2, -0.15) is 15.5 Å². The van der Waals surface area contributed by atoms with Crippen molar-refractivity contribution in [2.24, 2.45) is 5.73 Å². The second kappa shape index (κ2) is 9.70. The fraction of sp³-hybridized carbons (Fsp3) is 0.125. The predicted octanol–water partition coefficient (Wildman–Crippen LogP) is 2.89. The first kappa shape index (κ1) is 22.9. The number of halogens is 1. The molecule has 10 heteroatoms. The third-order valence-electron chi connectivity index (χ3n) is 5.49. The van der Waals surface area contributed by atoms with E-state index in [1.54, 1.807) is 42.2 Å². The molecule has 4 rings (SSSR count). The molecule has 4 aromatic rings. The standard InChI is InChI=1S/C24H21ClN8O/c1-29-22(20-13-33(32-23(20)25)12-16-5-3-2-4-15(16)9-26)19(10-27)14-6-7-17-18(8-14)21(11-28)30-31-24(17)34/h2-8,10,13,27,29H,11-12,28H2,1H3,(H,31,34)/b22-19+,27-10?. The van der Waals surface area contributed by atoms with Crippen molar-refractivity contribution in [3.8, 4) is 6.07 Å². The number of aromatic amines is 1. The molecule has 0 aliphatic heterocycles. The number of benzene rings is 2. The molecule has 0 saturated heterocycles. The average molecular weight is 473 g/mol. The number of H-pyrrole nitrogens is 1. The molecule has 34 heavy (non-hydrogen) atoms. The Kier molecular flexibility index (Phi) is 6.54. The van der Waals surface area contributed by atoms with E-state index in [0.29, 0.717) is 51.0 Å². The maximum atomic E-state index is 12.2. The van der Waals surface area contributed by atoms with Gasteiger partial charge in [-0.25, -0.2) is 5.10 Å². The van der Waals surface area contributed by atoms with Gasteiger partial charge in [0.05, 0.1) is 40.5 Å². The van der Waals surface area contributed by atoms with Crippen LogP contribution in [-0.2, 0) is 13.1 Å². The van der Waals surface area contributed by atoms with Crippen LogP contribution in [0.1, 0.15) is 27.9 Å². The fourth-order valence-corrected chi connectivity index (χ4v) is 4.09. The first-order chi connectivity index (χ1) is 16.5. The van der Waals surface area contributed by atoms with Gasteiger partial charge in [0.15, 0.2) is 5.15 Å². The predicted molar refractivity (Wildman–Crippen MR) is 132 cm³/mol. The van der Waals surface area contributed by atoms with Crippen LogP contribution in [0, 0.1) is 16.7 Å². The van der Waals surface area contributed by atoms with E-state index < -0.39 is 0 Å². The number of nitrogens with two attached hydrogens (primary N) is 1. The Morgan fingerprint density at radius 3 is 2.82 bits per heavy atom. The van der Waals surface area contributed by atoms with Gasteiger partial charge in [-0.05, 0) is 29.3 Å². The summed E-state index contributed by atoms with van der Waals surface area (Å²) in [6.45, 7) is 0.521. The topological polar surface area (TPSA) is 149 Å². The lowest BCUT2D eigenvalue weighted by Crippen LogP contribution is -2.14. The zero-order chi connectivity index (χ0) is 24.2. The zero-order valence-corrected chi connectivity index (χ0v) is 19.0. The van der Waals surface area contributed by atoms with Gasteiger partial charge in [0.2, 0.25) is 0 Å². The summed E-state index contributed by atoms with van der Waals surface area (Å²) in [4.78, 5) is 12.2. The van der Waals surface area contributed by atoms with E-state index in [9.17, 15) is 10.1 Å².